The van der Waals surface area contributed by atoms with Crippen LogP contribution in [0.2, 0.25) is 0 Å². The van der Waals surface area contributed by atoms with Crippen LogP contribution in [0.25, 0.3) is 0 Å². The molecule has 2 aromatic carbocycles. The summed E-state index contributed by atoms with van der Waals surface area (Å²) >= 11 is 0. The lowest BCUT2D eigenvalue weighted by atomic mass is 9.86. The van der Waals surface area contributed by atoms with Gasteiger partial charge in [0.15, 0.2) is 0 Å². The number of amides is 1. The SMILES string of the molecule is COc1cccc(C2(F)CCN(C(=O)Cc3ccccc3C(=O)O)CC2)c1. The standard InChI is InChI=1S/C21H22FNO4/c1-27-17-7-4-6-16(14-17)21(22)9-11-23(12-10-21)19(24)13-15-5-2-3-8-18(15)20(25)26/h2-8,14H,9-13H2,1H3,(H,25,26). The maximum atomic E-state index is 15.4. The first kappa shape index (κ1) is 18.9. The molecule has 2 aromatic rings. The van der Waals surface area contributed by atoms with Crippen molar-refractivity contribution in [2.24, 2.45) is 0 Å². The Morgan fingerprint density at radius 2 is 1.85 bits per heavy atom. The molecule has 1 saturated heterocycles. The Labute approximate surface area is 157 Å². The molecule has 0 spiro atoms. The molecule has 0 bridgehead atoms. The van der Waals surface area contributed by atoms with Gasteiger partial charge in [-0.25, -0.2) is 9.18 Å². The Bertz CT molecular complexity index is 844. The molecule has 0 aromatic heterocycles. The Hall–Kier alpha value is -2.89. The molecule has 0 unspecified atom stereocenters. The lowest BCUT2D eigenvalue weighted by Gasteiger charge is -2.37. The highest BCUT2D eigenvalue weighted by atomic mass is 19.1. The van der Waals surface area contributed by atoms with Crippen LogP contribution in [0.1, 0.15) is 34.3 Å². The molecular weight excluding hydrogens is 349 g/mol. The summed E-state index contributed by atoms with van der Waals surface area (Å²) in [6, 6.07) is 13.4. The monoisotopic (exact) mass is 371 g/mol. The molecule has 1 N–H and O–H groups in total. The lowest BCUT2D eigenvalue weighted by molar-refractivity contribution is -0.133. The van der Waals surface area contributed by atoms with Gasteiger partial charge < -0.3 is 14.7 Å². The van der Waals surface area contributed by atoms with E-state index in [-0.39, 0.29) is 30.7 Å². The first-order valence-corrected chi connectivity index (χ1v) is 8.85. The minimum atomic E-state index is -1.50. The van der Waals surface area contributed by atoms with Crippen molar-refractivity contribution in [2.45, 2.75) is 24.9 Å². The van der Waals surface area contributed by atoms with E-state index < -0.39 is 11.6 Å². The normalized spacial score (nSPS) is 16.0. The van der Waals surface area contributed by atoms with E-state index in [1.165, 1.54) is 6.07 Å². The number of likely N-dealkylation sites (tertiary alicyclic amines) is 1. The quantitative estimate of drug-likeness (QED) is 0.875. The second kappa shape index (κ2) is 7.78. The smallest absolute Gasteiger partial charge is 0.335 e. The average Bonchev–Trinajstić information content (AvgIpc) is 2.68. The predicted molar refractivity (Wildman–Crippen MR) is 98.7 cm³/mol. The van der Waals surface area contributed by atoms with Gasteiger partial charge in [0.25, 0.3) is 0 Å². The van der Waals surface area contributed by atoms with Gasteiger partial charge in [0.2, 0.25) is 5.91 Å². The van der Waals surface area contributed by atoms with Gasteiger partial charge >= 0.3 is 5.97 Å². The van der Waals surface area contributed by atoms with Crippen molar-refractivity contribution in [3.05, 3.63) is 65.2 Å². The second-order valence-corrected chi connectivity index (χ2v) is 6.72. The Kier molecular flexibility index (Phi) is 5.44. The number of methoxy groups -OCH3 is 1. The van der Waals surface area contributed by atoms with E-state index in [9.17, 15) is 14.7 Å². The van der Waals surface area contributed by atoms with Crippen LogP contribution in [-0.4, -0.2) is 42.1 Å². The number of carbonyl (C=O) groups excluding carboxylic acids is 1. The van der Waals surface area contributed by atoms with Gasteiger partial charge in [0.1, 0.15) is 11.4 Å². The van der Waals surface area contributed by atoms with Gasteiger partial charge in [-0.2, -0.15) is 0 Å². The minimum absolute atomic E-state index is 0.000912. The van der Waals surface area contributed by atoms with Crippen LogP contribution in [0.3, 0.4) is 0 Å². The van der Waals surface area contributed by atoms with Gasteiger partial charge in [-0.05, 0) is 29.3 Å². The van der Waals surface area contributed by atoms with Gasteiger partial charge in [-0.1, -0.05) is 30.3 Å². The van der Waals surface area contributed by atoms with Crippen LogP contribution in [0.5, 0.6) is 5.75 Å². The van der Waals surface area contributed by atoms with Crippen LogP contribution >= 0.6 is 0 Å². The zero-order valence-corrected chi connectivity index (χ0v) is 15.2. The molecule has 0 atom stereocenters. The number of carboxylic acids is 1. The maximum Gasteiger partial charge on any atom is 0.335 e. The molecule has 27 heavy (non-hydrogen) atoms. The van der Waals surface area contributed by atoms with Gasteiger partial charge in [-0.3, -0.25) is 4.79 Å². The number of piperidine rings is 1. The zero-order valence-electron chi connectivity index (χ0n) is 15.2. The van der Waals surface area contributed by atoms with E-state index in [0.717, 1.165) is 0 Å². The third-order valence-corrected chi connectivity index (χ3v) is 5.09. The van der Waals surface area contributed by atoms with Crippen molar-refractivity contribution < 1.29 is 23.8 Å². The van der Waals surface area contributed by atoms with Crippen molar-refractivity contribution in [3.8, 4) is 5.75 Å². The number of benzene rings is 2. The van der Waals surface area contributed by atoms with E-state index in [2.05, 4.69) is 0 Å². The van der Waals surface area contributed by atoms with Crippen LogP contribution in [0, 0.1) is 0 Å². The summed E-state index contributed by atoms with van der Waals surface area (Å²) in [5.74, 6) is -0.637. The Morgan fingerprint density at radius 1 is 1.15 bits per heavy atom. The average molecular weight is 371 g/mol. The summed E-state index contributed by atoms with van der Waals surface area (Å²) in [5.41, 5.74) is -0.339. The van der Waals surface area contributed by atoms with E-state index >= 15 is 4.39 Å². The highest BCUT2D eigenvalue weighted by molar-refractivity contribution is 5.91. The summed E-state index contributed by atoms with van der Waals surface area (Å²) in [6.07, 6.45) is 0.403. The fourth-order valence-corrected chi connectivity index (χ4v) is 3.46. The number of hydrogen-bond donors (Lipinski definition) is 1. The summed E-state index contributed by atoms with van der Waals surface area (Å²) in [4.78, 5) is 25.5. The van der Waals surface area contributed by atoms with Crippen molar-refractivity contribution >= 4 is 11.9 Å². The third kappa shape index (κ3) is 4.10. The van der Waals surface area contributed by atoms with E-state index in [4.69, 9.17) is 4.74 Å². The lowest BCUT2D eigenvalue weighted by Crippen LogP contribution is -2.44. The van der Waals surface area contributed by atoms with E-state index in [1.807, 2.05) is 0 Å². The molecule has 1 fully saturated rings. The number of ether oxygens (including phenoxy) is 1. The summed E-state index contributed by atoms with van der Waals surface area (Å²) < 4.78 is 20.6. The van der Waals surface area contributed by atoms with Gasteiger partial charge in [-0.15, -0.1) is 0 Å². The Balaban J connectivity index is 1.67. The van der Waals surface area contributed by atoms with Crippen LogP contribution in [-0.2, 0) is 16.9 Å². The maximum absolute atomic E-state index is 15.4. The third-order valence-electron chi connectivity index (χ3n) is 5.09. The first-order valence-electron chi connectivity index (χ1n) is 8.85. The minimum Gasteiger partial charge on any atom is -0.497 e. The molecule has 6 heteroatoms. The van der Waals surface area contributed by atoms with Crippen LogP contribution in [0.15, 0.2) is 48.5 Å². The summed E-state index contributed by atoms with van der Waals surface area (Å²) in [5, 5.41) is 9.24. The number of hydrogen-bond acceptors (Lipinski definition) is 3. The molecule has 1 aliphatic heterocycles. The highest BCUT2D eigenvalue weighted by Gasteiger charge is 2.37. The fourth-order valence-electron chi connectivity index (χ4n) is 3.46. The van der Waals surface area contributed by atoms with E-state index in [1.54, 1.807) is 54.5 Å². The van der Waals surface area contributed by atoms with Crippen LogP contribution < -0.4 is 4.74 Å². The molecule has 1 amide bonds. The second-order valence-electron chi connectivity index (χ2n) is 6.72. The van der Waals surface area contributed by atoms with Gasteiger partial charge in [0, 0.05) is 25.9 Å². The number of carbonyl (C=O) groups is 2. The predicted octanol–water partition coefficient (Wildman–Crippen LogP) is 3.42. The highest BCUT2D eigenvalue weighted by Crippen LogP contribution is 2.38. The summed E-state index contributed by atoms with van der Waals surface area (Å²) in [6.45, 7) is 0.587. The molecule has 0 aliphatic carbocycles. The van der Waals surface area contributed by atoms with Crippen LogP contribution in [0.4, 0.5) is 4.39 Å². The molecule has 1 heterocycles. The zero-order chi connectivity index (χ0) is 19.4. The van der Waals surface area contributed by atoms with Crippen molar-refractivity contribution in [3.63, 3.8) is 0 Å². The van der Waals surface area contributed by atoms with Crippen molar-refractivity contribution in [1.29, 1.82) is 0 Å². The number of aromatic carboxylic acids is 1. The van der Waals surface area contributed by atoms with Crippen molar-refractivity contribution in [2.75, 3.05) is 20.2 Å². The largest absolute Gasteiger partial charge is 0.497 e. The number of carboxylic acid groups (broad SMARTS) is 1. The topological polar surface area (TPSA) is 66.8 Å². The first-order chi connectivity index (χ1) is 12.9. The number of rotatable bonds is 5. The number of nitrogens with zero attached hydrogens (tertiary/aromatic N) is 1. The van der Waals surface area contributed by atoms with Crippen molar-refractivity contribution in [1.82, 2.24) is 4.90 Å². The molecular formula is C21H22FNO4. The summed E-state index contributed by atoms with van der Waals surface area (Å²) in [7, 11) is 1.54. The van der Waals surface area contributed by atoms with E-state index in [0.29, 0.717) is 30.0 Å². The molecule has 142 valence electrons. The molecule has 0 saturated carbocycles. The molecule has 5 nitrogen and oxygen atoms in total. The Morgan fingerprint density at radius 3 is 2.52 bits per heavy atom. The molecule has 1 aliphatic rings. The van der Waals surface area contributed by atoms with Gasteiger partial charge in [0.05, 0.1) is 19.1 Å². The number of alkyl halides is 1. The number of halogens is 1. The molecule has 0 radical (unpaired) electrons. The molecule has 3 rings (SSSR count). The fraction of sp³-hybridized carbons (Fsp3) is 0.333.